The Morgan fingerprint density at radius 3 is 2.52 bits per heavy atom. The minimum Gasteiger partial charge on any atom is -0.488 e. The van der Waals surface area contributed by atoms with Gasteiger partial charge in [0.15, 0.2) is 5.76 Å². The minimum atomic E-state index is -0.189. The van der Waals surface area contributed by atoms with E-state index in [9.17, 15) is 14.9 Å². The first-order valence-electron chi connectivity index (χ1n) is 11.1. The van der Waals surface area contributed by atoms with Gasteiger partial charge in [-0.3, -0.25) is 9.59 Å². The van der Waals surface area contributed by atoms with Crippen LogP contribution in [0.2, 0.25) is 0 Å². The summed E-state index contributed by atoms with van der Waals surface area (Å²) in [7, 11) is 0. The highest BCUT2D eigenvalue weighted by Gasteiger charge is 2.30. The highest BCUT2D eigenvalue weighted by Crippen LogP contribution is 2.35. The topological polar surface area (TPSA) is 78.6 Å². The van der Waals surface area contributed by atoms with Crippen molar-refractivity contribution in [2.45, 2.75) is 38.1 Å². The lowest BCUT2D eigenvalue weighted by Gasteiger charge is -2.37. The number of benzene rings is 1. The van der Waals surface area contributed by atoms with Crippen LogP contribution in [0.15, 0.2) is 40.9 Å². The number of carbonyl (C=O) groups excluding carboxylic acids is 1. The van der Waals surface area contributed by atoms with Crippen molar-refractivity contribution in [3.05, 3.63) is 52.0 Å². The van der Waals surface area contributed by atoms with Crippen LogP contribution in [0.25, 0.3) is 10.9 Å². The number of carbonyl (C=O) groups is 1. The molecule has 0 spiro atoms. The molecule has 0 N–H and O–H groups in total. The van der Waals surface area contributed by atoms with Crippen molar-refractivity contribution >= 4 is 22.5 Å². The monoisotopic (exact) mass is 418 g/mol. The molecule has 1 amide bonds. The standard InChI is InChI=1S/C24H26N4O3/c25-16-19-22(26-11-13-27(14-12-26)24(30)21-10-5-15-31-21)18-8-3-4-9-20(18)28(23(19)29)17-6-1-2-7-17/h3-4,8-10,17H,1-2,5-7,11-15H2. The molecule has 5 rings (SSSR count). The van der Waals surface area contributed by atoms with E-state index in [4.69, 9.17) is 4.74 Å². The van der Waals surface area contributed by atoms with Crippen molar-refractivity contribution in [2.24, 2.45) is 0 Å². The summed E-state index contributed by atoms with van der Waals surface area (Å²) in [5, 5.41) is 10.9. The lowest BCUT2D eigenvalue weighted by Crippen LogP contribution is -2.50. The van der Waals surface area contributed by atoms with Crippen molar-refractivity contribution in [3.63, 3.8) is 0 Å². The molecule has 1 saturated carbocycles. The van der Waals surface area contributed by atoms with Gasteiger partial charge in [0.25, 0.3) is 11.5 Å². The molecule has 1 aromatic heterocycles. The average Bonchev–Trinajstić information content (AvgIpc) is 3.52. The fourth-order valence-electron chi connectivity index (χ4n) is 5.16. The van der Waals surface area contributed by atoms with Gasteiger partial charge in [-0.05, 0) is 25.0 Å². The number of anilines is 1. The van der Waals surface area contributed by atoms with E-state index in [1.807, 2.05) is 34.9 Å². The smallest absolute Gasteiger partial charge is 0.288 e. The molecule has 0 atom stereocenters. The summed E-state index contributed by atoms with van der Waals surface area (Å²) in [6.07, 6.45) is 6.81. The second kappa shape index (κ2) is 8.10. The van der Waals surface area contributed by atoms with Gasteiger partial charge < -0.3 is 19.1 Å². The summed E-state index contributed by atoms with van der Waals surface area (Å²) in [5.74, 6) is 0.370. The van der Waals surface area contributed by atoms with E-state index < -0.39 is 0 Å². The maximum atomic E-state index is 13.4. The zero-order chi connectivity index (χ0) is 21.4. The number of nitriles is 1. The maximum Gasteiger partial charge on any atom is 0.288 e. The van der Waals surface area contributed by atoms with Crippen molar-refractivity contribution < 1.29 is 9.53 Å². The molecule has 7 nitrogen and oxygen atoms in total. The van der Waals surface area contributed by atoms with Gasteiger partial charge in [0, 0.05) is 44.0 Å². The number of aromatic nitrogens is 1. The van der Waals surface area contributed by atoms with Gasteiger partial charge >= 0.3 is 0 Å². The van der Waals surface area contributed by atoms with E-state index in [1.54, 1.807) is 4.90 Å². The van der Waals surface area contributed by atoms with Crippen molar-refractivity contribution in [1.82, 2.24) is 9.47 Å². The Kier molecular flexibility index (Phi) is 5.14. The third-order valence-corrected chi connectivity index (χ3v) is 6.69. The number of fused-ring (bicyclic) bond motifs is 1. The summed E-state index contributed by atoms with van der Waals surface area (Å²) in [6, 6.07) is 10.3. The van der Waals surface area contributed by atoms with Crippen molar-refractivity contribution in [3.8, 4) is 6.07 Å². The summed E-state index contributed by atoms with van der Waals surface area (Å²) >= 11 is 0. The Bertz CT molecular complexity index is 1150. The molecule has 1 aliphatic carbocycles. The van der Waals surface area contributed by atoms with Crippen LogP contribution < -0.4 is 10.5 Å². The van der Waals surface area contributed by atoms with Gasteiger partial charge in [0.1, 0.15) is 11.6 Å². The average molecular weight is 418 g/mol. The number of rotatable bonds is 3. The van der Waals surface area contributed by atoms with Crippen LogP contribution in [0.4, 0.5) is 5.69 Å². The van der Waals surface area contributed by atoms with E-state index in [2.05, 4.69) is 11.0 Å². The maximum absolute atomic E-state index is 13.4. The van der Waals surface area contributed by atoms with Gasteiger partial charge in [-0.2, -0.15) is 5.26 Å². The molecule has 1 saturated heterocycles. The first kappa shape index (κ1) is 19.7. The van der Waals surface area contributed by atoms with Gasteiger partial charge in [-0.15, -0.1) is 0 Å². The number of pyridine rings is 1. The molecule has 31 heavy (non-hydrogen) atoms. The Balaban J connectivity index is 1.51. The fourth-order valence-corrected chi connectivity index (χ4v) is 5.16. The molecule has 0 bridgehead atoms. The van der Waals surface area contributed by atoms with Crippen LogP contribution in [0.3, 0.4) is 0 Å². The largest absolute Gasteiger partial charge is 0.488 e. The van der Waals surface area contributed by atoms with E-state index in [1.165, 1.54) is 0 Å². The predicted octanol–water partition coefficient (Wildman–Crippen LogP) is 2.94. The van der Waals surface area contributed by atoms with Crippen LogP contribution in [-0.2, 0) is 9.53 Å². The molecular weight excluding hydrogens is 392 g/mol. The molecule has 0 radical (unpaired) electrons. The van der Waals surface area contributed by atoms with Crippen LogP contribution in [-0.4, -0.2) is 48.2 Å². The van der Waals surface area contributed by atoms with Crippen molar-refractivity contribution in [1.29, 1.82) is 5.26 Å². The van der Waals surface area contributed by atoms with E-state index >= 15 is 0 Å². The molecule has 0 unspecified atom stereocenters. The lowest BCUT2D eigenvalue weighted by molar-refractivity contribution is -0.130. The van der Waals surface area contributed by atoms with Gasteiger partial charge in [0.05, 0.1) is 17.8 Å². The van der Waals surface area contributed by atoms with E-state index in [0.29, 0.717) is 44.2 Å². The van der Waals surface area contributed by atoms with Crippen LogP contribution in [0.5, 0.6) is 0 Å². The van der Waals surface area contributed by atoms with Crippen LogP contribution in [0.1, 0.15) is 43.7 Å². The Labute approximate surface area is 181 Å². The molecule has 3 heterocycles. The first-order chi connectivity index (χ1) is 15.2. The second-order valence-corrected chi connectivity index (χ2v) is 8.45. The van der Waals surface area contributed by atoms with Gasteiger partial charge in [-0.1, -0.05) is 31.0 Å². The third kappa shape index (κ3) is 3.36. The van der Waals surface area contributed by atoms with Crippen LogP contribution in [0, 0.1) is 11.3 Å². The Morgan fingerprint density at radius 1 is 1.10 bits per heavy atom. The second-order valence-electron chi connectivity index (χ2n) is 8.45. The fraction of sp³-hybridized carbons (Fsp3) is 0.458. The van der Waals surface area contributed by atoms with Gasteiger partial charge in [0.2, 0.25) is 0 Å². The summed E-state index contributed by atoms with van der Waals surface area (Å²) in [5.41, 5.74) is 1.63. The minimum absolute atomic E-state index is 0.0702. The number of hydrogen-bond acceptors (Lipinski definition) is 5. The summed E-state index contributed by atoms with van der Waals surface area (Å²) in [6.45, 7) is 2.78. The van der Waals surface area contributed by atoms with Crippen molar-refractivity contribution in [2.75, 3.05) is 37.7 Å². The molecule has 7 heteroatoms. The number of hydrogen-bond donors (Lipinski definition) is 0. The summed E-state index contributed by atoms with van der Waals surface area (Å²) in [4.78, 5) is 30.0. The molecular formula is C24H26N4O3. The zero-order valence-electron chi connectivity index (χ0n) is 17.5. The molecule has 2 fully saturated rings. The van der Waals surface area contributed by atoms with E-state index in [-0.39, 0.29) is 23.1 Å². The molecule has 160 valence electrons. The molecule has 2 aromatic rings. The number of para-hydroxylation sites is 1. The number of nitrogens with zero attached hydrogens (tertiary/aromatic N) is 4. The SMILES string of the molecule is N#Cc1c(N2CCN(C(=O)C3=CCCO3)CC2)c2ccccc2n(C2CCCC2)c1=O. The van der Waals surface area contributed by atoms with Gasteiger partial charge in [-0.25, -0.2) is 0 Å². The zero-order valence-corrected chi connectivity index (χ0v) is 17.5. The Hall–Kier alpha value is -3.27. The number of piperazine rings is 1. The summed E-state index contributed by atoms with van der Waals surface area (Å²) < 4.78 is 7.28. The quantitative estimate of drug-likeness (QED) is 0.766. The normalized spacial score (nSPS) is 19.4. The molecule has 1 aromatic carbocycles. The lowest BCUT2D eigenvalue weighted by atomic mass is 10.0. The highest BCUT2D eigenvalue weighted by atomic mass is 16.5. The molecule has 3 aliphatic rings. The Morgan fingerprint density at radius 2 is 1.84 bits per heavy atom. The number of amides is 1. The third-order valence-electron chi connectivity index (χ3n) is 6.69. The molecule has 2 aliphatic heterocycles. The first-order valence-corrected chi connectivity index (χ1v) is 11.1. The van der Waals surface area contributed by atoms with Crippen LogP contribution >= 0.6 is 0 Å². The number of ether oxygens (including phenoxy) is 1. The highest BCUT2D eigenvalue weighted by molar-refractivity contribution is 5.95. The van der Waals surface area contributed by atoms with E-state index in [0.717, 1.165) is 43.0 Å². The predicted molar refractivity (Wildman–Crippen MR) is 118 cm³/mol.